The molecule has 2 nitrogen and oxygen atoms in total. The first-order chi connectivity index (χ1) is 6.02. The number of hydrogen-bond donors (Lipinski definition) is 1. The molecule has 0 aromatic rings. The molecule has 1 saturated heterocycles. The molecule has 1 atom stereocenters. The van der Waals surface area contributed by atoms with Gasteiger partial charge in [-0.3, -0.25) is 0 Å². The summed E-state index contributed by atoms with van der Waals surface area (Å²) in [6.45, 7) is 2.22. The Balaban J connectivity index is 2.64. The van der Waals surface area contributed by atoms with Crippen molar-refractivity contribution in [1.82, 2.24) is 5.32 Å². The van der Waals surface area contributed by atoms with Gasteiger partial charge in [0.25, 0.3) is 0 Å². The SMILES string of the molecule is CCOC[C@@]1(C(F)(F)F)CCNC1. The maximum absolute atomic E-state index is 12.6. The van der Waals surface area contributed by atoms with Gasteiger partial charge in [-0.1, -0.05) is 0 Å². The number of alkyl halides is 3. The molecule has 1 N–H and O–H groups in total. The van der Waals surface area contributed by atoms with Crippen LogP contribution in [0, 0.1) is 5.41 Å². The molecule has 1 fully saturated rings. The molecule has 1 aliphatic heterocycles. The average Bonchev–Trinajstić information content (AvgIpc) is 2.48. The Morgan fingerprint density at radius 3 is 2.54 bits per heavy atom. The first-order valence-electron chi connectivity index (χ1n) is 4.37. The Morgan fingerprint density at radius 2 is 2.15 bits per heavy atom. The smallest absolute Gasteiger partial charge is 0.381 e. The lowest BCUT2D eigenvalue weighted by molar-refractivity contribution is -0.232. The van der Waals surface area contributed by atoms with E-state index in [-0.39, 0.29) is 19.6 Å². The van der Waals surface area contributed by atoms with Crippen LogP contribution in [0.3, 0.4) is 0 Å². The minimum atomic E-state index is -4.16. The Labute approximate surface area is 75.4 Å². The van der Waals surface area contributed by atoms with Gasteiger partial charge in [-0.15, -0.1) is 0 Å². The fraction of sp³-hybridized carbons (Fsp3) is 1.00. The summed E-state index contributed by atoms with van der Waals surface area (Å²) < 4.78 is 42.7. The van der Waals surface area contributed by atoms with Crippen LogP contribution in [-0.2, 0) is 4.74 Å². The third kappa shape index (κ3) is 2.14. The van der Waals surface area contributed by atoms with Gasteiger partial charge in [-0.05, 0) is 19.9 Å². The molecule has 13 heavy (non-hydrogen) atoms. The van der Waals surface area contributed by atoms with Crippen LogP contribution < -0.4 is 5.32 Å². The Hall–Kier alpha value is -0.290. The molecule has 78 valence electrons. The molecular formula is C8H14F3NO. The minimum absolute atomic E-state index is 0.0174. The van der Waals surface area contributed by atoms with Gasteiger partial charge in [0.1, 0.15) is 5.41 Å². The summed E-state index contributed by atoms with van der Waals surface area (Å²) in [7, 11) is 0. The lowest BCUT2D eigenvalue weighted by atomic mass is 9.87. The standard InChI is InChI=1S/C8H14F3NO/c1-2-13-6-7(8(9,10)11)3-4-12-5-7/h12H,2-6H2,1H3/t7-/m1/s1. The molecule has 0 radical (unpaired) electrons. The van der Waals surface area contributed by atoms with E-state index in [1.54, 1.807) is 6.92 Å². The third-order valence-corrected chi connectivity index (χ3v) is 2.43. The minimum Gasteiger partial charge on any atom is -0.381 e. The van der Waals surface area contributed by atoms with Crippen molar-refractivity contribution in [3.05, 3.63) is 0 Å². The van der Waals surface area contributed by atoms with E-state index in [0.29, 0.717) is 13.2 Å². The summed E-state index contributed by atoms with van der Waals surface area (Å²) in [5.74, 6) is 0. The maximum Gasteiger partial charge on any atom is 0.397 e. The molecule has 0 aromatic heterocycles. The molecule has 0 saturated carbocycles. The van der Waals surface area contributed by atoms with Crippen molar-refractivity contribution >= 4 is 0 Å². The summed E-state index contributed by atoms with van der Waals surface area (Å²) in [6.07, 6.45) is -4.04. The third-order valence-electron chi connectivity index (χ3n) is 2.43. The van der Waals surface area contributed by atoms with Crippen molar-refractivity contribution in [3.8, 4) is 0 Å². The molecule has 0 bridgehead atoms. The van der Waals surface area contributed by atoms with Gasteiger partial charge in [0.15, 0.2) is 0 Å². The van der Waals surface area contributed by atoms with Gasteiger partial charge in [0.05, 0.1) is 6.61 Å². The second kappa shape index (κ2) is 3.84. The van der Waals surface area contributed by atoms with Crippen LogP contribution in [0.4, 0.5) is 13.2 Å². The molecule has 1 aliphatic rings. The van der Waals surface area contributed by atoms with Crippen LogP contribution in [0.5, 0.6) is 0 Å². The highest BCUT2D eigenvalue weighted by Crippen LogP contribution is 2.42. The normalized spacial score (nSPS) is 29.5. The van der Waals surface area contributed by atoms with Gasteiger partial charge in [0.2, 0.25) is 0 Å². The van der Waals surface area contributed by atoms with Crippen LogP contribution in [-0.4, -0.2) is 32.5 Å². The second-order valence-electron chi connectivity index (χ2n) is 3.34. The van der Waals surface area contributed by atoms with E-state index in [9.17, 15) is 13.2 Å². The van der Waals surface area contributed by atoms with Crippen LogP contribution in [0.15, 0.2) is 0 Å². The number of nitrogens with one attached hydrogen (secondary N) is 1. The molecule has 5 heteroatoms. The fourth-order valence-electron chi connectivity index (χ4n) is 1.49. The van der Waals surface area contributed by atoms with Crippen molar-refractivity contribution in [2.75, 3.05) is 26.3 Å². The fourth-order valence-corrected chi connectivity index (χ4v) is 1.49. The zero-order valence-corrected chi connectivity index (χ0v) is 7.58. The van der Waals surface area contributed by atoms with Gasteiger partial charge in [0, 0.05) is 13.2 Å². The molecule has 1 heterocycles. The Morgan fingerprint density at radius 1 is 1.46 bits per heavy atom. The molecule has 0 aromatic carbocycles. The summed E-state index contributed by atoms with van der Waals surface area (Å²) in [6, 6.07) is 0. The first kappa shape index (κ1) is 10.8. The lowest BCUT2D eigenvalue weighted by Crippen LogP contribution is -2.43. The first-order valence-corrected chi connectivity index (χ1v) is 4.37. The highest BCUT2D eigenvalue weighted by Gasteiger charge is 2.56. The largest absolute Gasteiger partial charge is 0.397 e. The maximum atomic E-state index is 12.6. The molecule has 0 amide bonds. The van der Waals surface area contributed by atoms with Crippen LogP contribution in [0.25, 0.3) is 0 Å². The monoisotopic (exact) mass is 197 g/mol. The van der Waals surface area contributed by atoms with Crippen molar-refractivity contribution in [1.29, 1.82) is 0 Å². The summed E-state index contributed by atoms with van der Waals surface area (Å²) in [5.41, 5.74) is -1.65. The zero-order valence-electron chi connectivity index (χ0n) is 7.58. The van der Waals surface area contributed by atoms with Crippen molar-refractivity contribution in [2.24, 2.45) is 5.41 Å². The van der Waals surface area contributed by atoms with E-state index in [2.05, 4.69) is 5.32 Å². The van der Waals surface area contributed by atoms with Crippen LogP contribution >= 0.6 is 0 Å². The number of hydrogen-bond acceptors (Lipinski definition) is 2. The summed E-state index contributed by atoms with van der Waals surface area (Å²) in [4.78, 5) is 0. The van der Waals surface area contributed by atoms with E-state index < -0.39 is 11.6 Å². The molecule has 1 rings (SSSR count). The van der Waals surface area contributed by atoms with Gasteiger partial charge >= 0.3 is 6.18 Å². The molecule has 0 unspecified atom stereocenters. The Bertz CT molecular complexity index is 163. The molecule has 0 aliphatic carbocycles. The quantitative estimate of drug-likeness (QED) is 0.741. The van der Waals surface area contributed by atoms with Gasteiger partial charge in [-0.25, -0.2) is 0 Å². The summed E-state index contributed by atoms with van der Waals surface area (Å²) >= 11 is 0. The van der Waals surface area contributed by atoms with E-state index in [4.69, 9.17) is 4.74 Å². The predicted molar refractivity (Wildman–Crippen MR) is 42.5 cm³/mol. The van der Waals surface area contributed by atoms with Gasteiger partial charge in [-0.2, -0.15) is 13.2 Å². The van der Waals surface area contributed by atoms with E-state index in [1.807, 2.05) is 0 Å². The predicted octanol–water partition coefficient (Wildman–Crippen LogP) is 1.56. The number of ether oxygens (including phenoxy) is 1. The highest BCUT2D eigenvalue weighted by molar-refractivity contribution is 4.93. The van der Waals surface area contributed by atoms with Crippen LogP contribution in [0.2, 0.25) is 0 Å². The van der Waals surface area contributed by atoms with Crippen molar-refractivity contribution < 1.29 is 17.9 Å². The highest BCUT2D eigenvalue weighted by atomic mass is 19.4. The number of rotatable bonds is 3. The van der Waals surface area contributed by atoms with Crippen LogP contribution in [0.1, 0.15) is 13.3 Å². The topological polar surface area (TPSA) is 21.3 Å². The Kier molecular flexibility index (Phi) is 3.18. The van der Waals surface area contributed by atoms with E-state index in [0.717, 1.165) is 0 Å². The lowest BCUT2D eigenvalue weighted by Gasteiger charge is -2.30. The average molecular weight is 197 g/mol. The van der Waals surface area contributed by atoms with Crippen molar-refractivity contribution in [2.45, 2.75) is 19.5 Å². The number of halogens is 3. The molecular weight excluding hydrogens is 183 g/mol. The second-order valence-corrected chi connectivity index (χ2v) is 3.34. The molecule has 0 spiro atoms. The zero-order chi connectivity index (χ0) is 9.95. The van der Waals surface area contributed by atoms with E-state index in [1.165, 1.54) is 0 Å². The van der Waals surface area contributed by atoms with E-state index >= 15 is 0 Å². The van der Waals surface area contributed by atoms with Gasteiger partial charge < -0.3 is 10.1 Å². The van der Waals surface area contributed by atoms with Crippen molar-refractivity contribution in [3.63, 3.8) is 0 Å². The summed E-state index contributed by atoms with van der Waals surface area (Å²) in [5, 5.41) is 2.73.